The third-order valence-electron chi connectivity index (χ3n) is 2.73. The Morgan fingerprint density at radius 2 is 2.00 bits per heavy atom. The SMILES string of the molecule is CC(C)CCCOc1ncnc(NN)c1C(C)C. The van der Waals surface area contributed by atoms with Gasteiger partial charge in [0, 0.05) is 0 Å². The Morgan fingerprint density at radius 1 is 1.28 bits per heavy atom. The fourth-order valence-corrected chi connectivity index (χ4v) is 1.79. The topological polar surface area (TPSA) is 73.1 Å². The summed E-state index contributed by atoms with van der Waals surface area (Å²) in [7, 11) is 0. The number of hydrogen-bond donors (Lipinski definition) is 2. The van der Waals surface area contributed by atoms with E-state index in [9.17, 15) is 0 Å². The molecule has 0 radical (unpaired) electrons. The lowest BCUT2D eigenvalue weighted by Crippen LogP contribution is -2.14. The highest BCUT2D eigenvalue weighted by molar-refractivity contribution is 5.49. The van der Waals surface area contributed by atoms with Crippen molar-refractivity contribution in [3.8, 4) is 5.88 Å². The first-order chi connectivity index (χ1) is 8.56. The third-order valence-corrected chi connectivity index (χ3v) is 2.73. The summed E-state index contributed by atoms with van der Waals surface area (Å²) in [5.74, 6) is 7.69. The molecule has 1 rings (SSSR count). The van der Waals surface area contributed by atoms with Crippen LogP contribution in [0.15, 0.2) is 6.33 Å². The Labute approximate surface area is 109 Å². The molecular formula is C13H24N4O. The zero-order chi connectivity index (χ0) is 13.5. The minimum atomic E-state index is 0.261. The van der Waals surface area contributed by atoms with Crippen LogP contribution in [0.1, 0.15) is 52.0 Å². The molecule has 18 heavy (non-hydrogen) atoms. The molecule has 0 saturated heterocycles. The summed E-state index contributed by atoms with van der Waals surface area (Å²) < 4.78 is 5.74. The van der Waals surface area contributed by atoms with Crippen LogP contribution >= 0.6 is 0 Å². The molecule has 0 amide bonds. The van der Waals surface area contributed by atoms with E-state index in [2.05, 4.69) is 43.1 Å². The summed E-state index contributed by atoms with van der Waals surface area (Å²) in [5, 5.41) is 0. The van der Waals surface area contributed by atoms with Crippen molar-refractivity contribution in [1.29, 1.82) is 0 Å². The lowest BCUT2D eigenvalue weighted by atomic mass is 10.1. The van der Waals surface area contributed by atoms with Crippen molar-refractivity contribution in [3.63, 3.8) is 0 Å². The van der Waals surface area contributed by atoms with Gasteiger partial charge in [-0.1, -0.05) is 27.7 Å². The van der Waals surface area contributed by atoms with E-state index in [1.165, 1.54) is 6.33 Å². The van der Waals surface area contributed by atoms with Gasteiger partial charge >= 0.3 is 0 Å². The second-order valence-corrected chi connectivity index (χ2v) is 5.12. The first-order valence-corrected chi connectivity index (χ1v) is 6.50. The molecule has 1 aromatic rings. The van der Waals surface area contributed by atoms with E-state index >= 15 is 0 Å². The van der Waals surface area contributed by atoms with Gasteiger partial charge in [0.1, 0.15) is 6.33 Å². The van der Waals surface area contributed by atoms with Gasteiger partial charge in [0.05, 0.1) is 12.2 Å². The number of aromatic nitrogens is 2. The zero-order valence-electron chi connectivity index (χ0n) is 11.7. The minimum absolute atomic E-state index is 0.261. The summed E-state index contributed by atoms with van der Waals surface area (Å²) >= 11 is 0. The molecule has 1 heterocycles. The van der Waals surface area contributed by atoms with Crippen LogP contribution in [-0.2, 0) is 0 Å². The van der Waals surface area contributed by atoms with Crippen LogP contribution in [0, 0.1) is 5.92 Å². The molecule has 0 saturated carbocycles. The summed E-state index contributed by atoms with van der Waals surface area (Å²) in [5.41, 5.74) is 3.53. The number of nitrogen functional groups attached to an aromatic ring is 1. The number of rotatable bonds is 7. The van der Waals surface area contributed by atoms with Crippen molar-refractivity contribution < 1.29 is 4.74 Å². The molecule has 0 spiro atoms. The van der Waals surface area contributed by atoms with Crippen molar-refractivity contribution in [1.82, 2.24) is 9.97 Å². The van der Waals surface area contributed by atoms with Crippen molar-refractivity contribution in [3.05, 3.63) is 11.9 Å². The molecule has 0 aromatic carbocycles. The van der Waals surface area contributed by atoms with Gasteiger partial charge in [0.25, 0.3) is 0 Å². The van der Waals surface area contributed by atoms with Crippen molar-refractivity contribution in [2.75, 3.05) is 12.0 Å². The van der Waals surface area contributed by atoms with E-state index < -0.39 is 0 Å². The highest BCUT2D eigenvalue weighted by atomic mass is 16.5. The Bertz CT molecular complexity index is 366. The zero-order valence-corrected chi connectivity index (χ0v) is 11.7. The van der Waals surface area contributed by atoms with E-state index in [-0.39, 0.29) is 5.92 Å². The van der Waals surface area contributed by atoms with Gasteiger partial charge in [-0.05, 0) is 24.7 Å². The fourth-order valence-electron chi connectivity index (χ4n) is 1.79. The molecule has 0 aliphatic rings. The van der Waals surface area contributed by atoms with Crippen LogP contribution in [-0.4, -0.2) is 16.6 Å². The number of hydrogen-bond acceptors (Lipinski definition) is 5. The van der Waals surface area contributed by atoms with Crippen LogP contribution in [0.25, 0.3) is 0 Å². The molecule has 0 aliphatic heterocycles. The maximum absolute atomic E-state index is 5.74. The van der Waals surface area contributed by atoms with Crippen LogP contribution in [0.5, 0.6) is 5.88 Å². The second-order valence-electron chi connectivity index (χ2n) is 5.12. The van der Waals surface area contributed by atoms with Gasteiger partial charge in [0.15, 0.2) is 5.82 Å². The van der Waals surface area contributed by atoms with Crippen LogP contribution in [0.3, 0.4) is 0 Å². The number of anilines is 1. The van der Waals surface area contributed by atoms with Crippen LogP contribution < -0.4 is 16.0 Å². The third kappa shape index (κ3) is 4.14. The Balaban J connectivity index is 2.69. The van der Waals surface area contributed by atoms with Gasteiger partial charge in [-0.2, -0.15) is 0 Å². The largest absolute Gasteiger partial charge is 0.477 e. The quantitative estimate of drug-likeness (QED) is 0.443. The monoisotopic (exact) mass is 252 g/mol. The minimum Gasteiger partial charge on any atom is -0.477 e. The van der Waals surface area contributed by atoms with Crippen molar-refractivity contribution in [2.24, 2.45) is 11.8 Å². The average Bonchev–Trinajstić information content (AvgIpc) is 2.33. The molecule has 5 nitrogen and oxygen atoms in total. The number of ether oxygens (including phenoxy) is 1. The normalized spacial score (nSPS) is 11.1. The van der Waals surface area contributed by atoms with Gasteiger partial charge in [-0.15, -0.1) is 0 Å². The Kier molecular flexibility index (Phi) is 5.85. The standard InChI is InChI=1S/C13H24N4O/c1-9(2)6-5-7-18-13-11(10(3)4)12(17-14)15-8-16-13/h8-10H,5-7,14H2,1-4H3,(H,15,16,17). The van der Waals surface area contributed by atoms with E-state index in [1.54, 1.807) is 0 Å². The van der Waals surface area contributed by atoms with Crippen LogP contribution in [0.4, 0.5) is 5.82 Å². The highest BCUT2D eigenvalue weighted by Gasteiger charge is 2.15. The number of nitrogens with one attached hydrogen (secondary N) is 1. The molecule has 102 valence electrons. The summed E-state index contributed by atoms with van der Waals surface area (Å²) in [6.45, 7) is 9.24. The summed E-state index contributed by atoms with van der Waals surface area (Å²) in [6.07, 6.45) is 3.66. The van der Waals surface area contributed by atoms with E-state index in [1.807, 2.05) is 0 Å². The van der Waals surface area contributed by atoms with Gasteiger partial charge < -0.3 is 10.2 Å². The Morgan fingerprint density at radius 3 is 2.56 bits per heavy atom. The second kappa shape index (κ2) is 7.16. The molecule has 3 N–H and O–H groups in total. The van der Waals surface area contributed by atoms with E-state index in [0.717, 1.165) is 18.4 Å². The van der Waals surface area contributed by atoms with Gasteiger partial charge in [-0.25, -0.2) is 15.8 Å². The maximum Gasteiger partial charge on any atom is 0.222 e. The van der Waals surface area contributed by atoms with Crippen LogP contribution in [0.2, 0.25) is 0 Å². The average molecular weight is 252 g/mol. The van der Waals surface area contributed by atoms with Crippen molar-refractivity contribution in [2.45, 2.75) is 46.5 Å². The molecule has 5 heteroatoms. The van der Waals surface area contributed by atoms with Gasteiger partial charge in [-0.3, -0.25) is 0 Å². The lowest BCUT2D eigenvalue weighted by molar-refractivity contribution is 0.283. The van der Waals surface area contributed by atoms with Crippen molar-refractivity contribution >= 4 is 5.82 Å². The molecule has 0 aliphatic carbocycles. The number of hydrazine groups is 1. The molecule has 0 unspecified atom stereocenters. The molecule has 1 aromatic heterocycles. The maximum atomic E-state index is 5.74. The first-order valence-electron chi connectivity index (χ1n) is 6.50. The molecule has 0 atom stereocenters. The molecule has 0 bridgehead atoms. The first kappa shape index (κ1) is 14.7. The fraction of sp³-hybridized carbons (Fsp3) is 0.692. The number of nitrogens with two attached hydrogens (primary N) is 1. The smallest absolute Gasteiger partial charge is 0.222 e. The van der Waals surface area contributed by atoms with E-state index in [4.69, 9.17) is 10.6 Å². The predicted molar refractivity (Wildman–Crippen MR) is 73.5 cm³/mol. The highest BCUT2D eigenvalue weighted by Crippen LogP contribution is 2.29. The molecular weight excluding hydrogens is 228 g/mol. The number of nitrogens with zero attached hydrogens (tertiary/aromatic N) is 2. The van der Waals surface area contributed by atoms with E-state index in [0.29, 0.717) is 24.2 Å². The van der Waals surface area contributed by atoms with Gasteiger partial charge in [0.2, 0.25) is 5.88 Å². The summed E-state index contributed by atoms with van der Waals surface area (Å²) in [4.78, 5) is 8.30. The Hall–Kier alpha value is -1.36. The summed E-state index contributed by atoms with van der Waals surface area (Å²) in [6, 6.07) is 0. The lowest BCUT2D eigenvalue weighted by Gasteiger charge is -2.15. The predicted octanol–water partition coefficient (Wildman–Crippen LogP) is 2.70. The molecule has 0 fully saturated rings.